The first-order chi connectivity index (χ1) is 29.8. The zero-order chi connectivity index (χ0) is 39.6. The lowest BCUT2D eigenvalue weighted by atomic mass is 9.70. The second kappa shape index (κ2) is 13.6. The van der Waals surface area contributed by atoms with E-state index in [1.54, 1.807) is 0 Å². The van der Waals surface area contributed by atoms with Crippen molar-refractivity contribution in [1.29, 1.82) is 0 Å². The maximum absolute atomic E-state index is 6.96. The van der Waals surface area contributed by atoms with Crippen molar-refractivity contribution in [1.82, 2.24) is 0 Å². The Morgan fingerprint density at radius 2 is 0.883 bits per heavy atom. The van der Waals surface area contributed by atoms with Crippen LogP contribution in [0.15, 0.2) is 235 Å². The number of hydrogen-bond donors (Lipinski definition) is 0. The summed E-state index contributed by atoms with van der Waals surface area (Å²) >= 11 is 0. The number of para-hydroxylation sites is 4. The third-order valence-corrected chi connectivity index (χ3v) is 12.4. The summed E-state index contributed by atoms with van der Waals surface area (Å²) in [7, 11) is 0. The van der Waals surface area contributed by atoms with Crippen LogP contribution in [0.4, 0.5) is 34.1 Å². The smallest absolute Gasteiger partial charge is 0.140 e. The van der Waals surface area contributed by atoms with Gasteiger partial charge < -0.3 is 14.2 Å². The third-order valence-electron chi connectivity index (χ3n) is 12.4. The maximum Gasteiger partial charge on any atom is 0.140 e. The number of nitrogens with zero attached hydrogens (tertiary/aromatic N) is 2. The average molecular weight is 767 g/mol. The van der Waals surface area contributed by atoms with Crippen LogP contribution in [0.3, 0.4) is 0 Å². The van der Waals surface area contributed by atoms with Crippen LogP contribution >= 0.6 is 0 Å². The van der Waals surface area contributed by atoms with E-state index in [1.165, 1.54) is 44.5 Å². The molecule has 60 heavy (non-hydrogen) atoms. The Hall–Kier alpha value is -7.88. The largest absolute Gasteiger partial charge is 0.456 e. The molecule has 0 bridgehead atoms. The van der Waals surface area contributed by atoms with Gasteiger partial charge in [-0.1, -0.05) is 152 Å². The monoisotopic (exact) mass is 766 g/mol. The number of anilines is 6. The van der Waals surface area contributed by atoms with Gasteiger partial charge in [0.2, 0.25) is 0 Å². The maximum atomic E-state index is 6.96. The molecular formula is C57H38N2O. The van der Waals surface area contributed by atoms with E-state index in [1.807, 2.05) is 0 Å². The quantitative estimate of drug-likeness (QED) is 0.161. The van der Waals surface area contributed by atoms with Gasteiger partial charge in [0.25, 0.3) is 0 Å². The Balaban J connectivity index is 1.14. The fraction of sp³-hybridized carbons (Fsp3) is 0.0175. The lowest BCUT2D eigenvalue weighted by molar-refractivity contribution is 0.628. The molecule has 3 nitrogen and oxygen atoms in total. The Morgan fingerprint density at radius 3 is 1.58 bits per heavy atom. The number of hydrogen-bond acceptors (Lipinski definition) is 3. The number of rotatable bonds is 7. The topological polar surface area (TPSA) is 19.6 Å². The summed E-state index contributed by atoms with van der Waals surface area (Å²) in [4.78, 5) is 4.79. The lowest BCUT2D eigenvalue weighted by Gasteiger charge is -2.32. The second-order valence-electron chi connectivity index (χ2n) is 15.6. The molecule has 1 heterocycles. The Morgan fingerprint density at radius 1 is 0.350 bits per heavy atom. The van der Waals surface area contributed by atoms with Crippen LogP contribution in [0.2, 0.25) is 0 Å². The minimum atomic E-state index is -0.659. The van der Waals surface area contributed by atoms with Gasteiger partial charge in [-0.05, 0) is 112 Å². The standard InChI is InChI=1S/C57H38N2O/c1-5-18-39(19-6-1)40-32-34-44(35-33-40)59(43-24-11-4-12-25-43)52-30-17-29-50-54(52)46-26-13-15-28-49(46)57(50)51-38-45(58(41-20-7-2-8-21-41)42-22-9-3-10-23-42)36-37-47(51)56-55(57)48-27-14-16-31-53(48)60-56/h1-38H. The van der Waals surface area contributed by atoms with Gasteiger partial charge in [-0.15, -0.1) is 0 Å². The summed E-state index contributed by atoms with van der Waals surface area (Å²) in [6.45, 7) is 0. The van der Waals surface area contributed by atoms with Crippen molar-refractivity contribution in [3.63, 3.8) is 0 Å². The molecule has 282 valence electrons. The first-order valence-corrected chi connectivity index (χ1v) is 20.6. The van der Waals surface area contributed by atoms with Gasteiger partial charge in [-0.25, -0.2) is 0 Å². The van der Waals surface area contributed by atoms with Crippen molar-refractivity contribution in [3.8, 4) is 33.6 Å². The van der Waals surface area contributed by atoms with E-state index in [2.05, 4.69) is 240 Å². The Kier molecular flexibility index (Phi) is 7.76. The van der Waals surface area contributed by atoms with Gasteiger partial charge in [0.1, 0.15) is 11.3 Å². The molecule has 0 amide bonds. The number of benzene rings is 9. The molecule has 0 radical (unpaired) electrons. The third kappa shape index (κ3) is 5.03. The molecule has 0 N–H and O–H groups in total. The highest BCUT2D eigenvalue weighted by Crippen LogP contribution is 2.67. The lowest BCUT2D eigenvalue weighted by Crippen LogP contribution is -2.26. The van der Waals surface area contributed by atoms with E-state index in [9.17, 15) is 0 Å². The van der Waals surface area contributed by atoms with Crippen LogP contribution in [0, 0.1) is 0 Å². The van der Waals surface area contributed by atoms with Crippen LogP contribution in [-0.2, 0) is 5.41 Å². The Labute approximate surface area is 349 Å². The van der Waals surface area contributed by atoms with Crippen molar-refractivity contribution in [3.05, 3.63) is 253 Å². The summed E-state index contributed by atoms with van der Waals surface area (Å²) in [6, 6.07) is 83.2. The number of furan rings is 1. The molecule has 10 aromatic rings. The van der Waals surface area contributed by atoms with Gasteiger partial charge in [-0.2, -0.15) is 0 Å². The fourth-order valence-electron chi connectivity index (χ4n) is 10.0. The summed E-state index contributed by atoms with van der Waals surface area (Å²) in [5.41, 5.74) is 17.7. The molecule has 1 unspecified atom stereocenters. The van der Waals surface area contributed by atoms with Crippen LogP contribution in [0.1, 0.15) is 22.3 Å². The fourth-order valence-corrected chi connectivity index (χ4v) is 10.0. The predicted octanol–water partition coefficient (Wildman–Crippen LogP) is 15.4. The summed E-state index contributed by atoms with van der Waals surface area (Å²) < 4.78 is 6.96. The van der Waals surface area contributed by atoms with Crippen molar-refractivity contribution in [2.24, 2.45) is 0 Å². The van der Waals surface area contributed by atoms with Gasteiger partial charge >= 0.3 is 0 Å². The molecular weight excluding hydrogens is 729 g/mol. The SMILES string of the molecule is c1ccc(-c2ccc(N(c3ccccc3)c3cccc4c3-c3ccccc3C43c4cc(N(c5ccccc5)c5ccccc5)ccc4-c4oc5ccccc5c43)cc2)cc1. The van der Waals surface area contributed by atoms with Gasteiger partial charge in [-0.3, -0.25) is 0 Å². The zero-order valence-electron chi connectivity index (χ0n) is 32.7. The van der Waals surface area contributed by atoms with E-state index in [0.29, 0.717) is 0 Å². The molecule has 0 fully saturated rings. The molecule has 3 heteroatoms. The Bertz CT molecular complexity index is 3150. The molecule has 2 aliphatic carbocycles. The molecule has 9 aromatic carbocycles. The first kappa shape index (κ1) is 34.2. The minimum absolute atomic E-state index is 0.659. The summed E-state index contributed by atoms with van der Waals surface area (Å²) in [5, 5.41) is 1.14. The number of fused-ring (bicyclic) bond motifs is 12. The van der Waals surface area contributed by atoms with Crippen molar-refractivity contribution in [2.75, 3.05) is 9.80 Å². The second-order valence-corrected chi connectivity index (χ2v) is 15.6. The van der Waals surface area contributed by atoms with Crippen LogP contribution in [0.5, 0.6) is 0 Å². The molecule has 0 saturated heterocycles. The summed E-state index contributed by atoms with van der Waals surface area (Å²) in [6.07, 6.45) is 0. The molecule has 1 aromatic heterocycles. The van der Waals surface area contributed by atoms with Crippen molar-refractivity contribution < 1.29 is 4.42 Å². The highest BCUT2D eigenvalue weighted by atomic mass is 16.3. The van der Waals surface area contributed by atoms with Crippen molar-refractivity contribution >= 4 is 45.1 Å². The van der Waals surface area contributed by atoms with E-state index in [4.69, 9.17) is 4.42 Å². The minimum Gasteiger partial charge on any atom is -0.456 e. The van der Waals surface area contributed by atoms with Gasteiger partial charge in [0.15, 0.2) is 0 Å². The molecule has 1 atom stereocenters. The van der Waals surface area contributed by atoms with Gasteiger partial charge in [0.05, 0.1) is 11.1 Å². The first-order valence-electron chi connectivity index (χ1n) is 20.6. The van der Waals surface area contributed by atoms with Crippen LogP contribution < -0.4 is 9.80 Å². The average Bonchev–Trinajstić information content (AvgIpc) is 3.95. The molecule has 12 rings (SSSR count). The van der Waals surface area contributed by atoms with E-state index in [-0.39, 0.29) is 0 Å². The normalized spacial score (nSPS) is 14.4. The van der Waals surface area contributed by atoms with Crippen LogP contribution in [-0.4, -0.2) is 0 Å². The van der Waals surface area contributed by atoms with E-state index < -0.39 is 5.41 Å². The zero-order valence-corrected chi connectivity index (χ0v) is 32.7. The highest BCUT2D eigenvalue weighted by Gasteiger charge is 2.55. The molecule has 0 saturated carbocycles. The molecule has 1 spiro atoms. The predicted molar refractivity (Wildman–Crippen MR) is 247 cm³/mol. The van der Waals surface area contributed by atoms with Gasteiger partial charge in [0, 0.05) is 50.5 Å². The van der Waals surface area contributed by atoms with Crippen LogP contribution in [0.25, 0.3) is 44.5 Å². The van der Waals surface area contributed by atoms with E-state index in [0.717, 1.165) is 56.4 Å². The highest BCUT2D eigenvalue weighted by molar-refractivity contribution is 6.05. The molecule has 0 aliphatic heterocycles. The summed E-state index contributed by atoms with van der Waals surface area (Å²) in [5.74, 6) is 0.938. The van der Waals surface area contributed by atoms with E-state index >= 15 is 0 Å². The van der Waals surface area contributed by atoms with Crippen molar-refractivity contribution in [2.45, 2.75) is 5.41 Å². The molecule has 2 aliphatic rings.